The maximum absolute atomic E-state index is 11.3. The van der Waals surface area contributed by atoms with Gasteiger partial charge in [0.15, 0.2) is 0 Å². The fraction of sp³-hybridized carbons (Fsp3) is 0.625. The summed E-state index contributed by atoms with van der Waals surface area (Å²) in [5, 5.41) is 9.13. The summed E-state index contributed by atoms with van der Waals surface area (Å²) in [4.78, 5) is 17.0. The number of nitrogens with zero attached hydrogens (tertiary/aromatic N) is 3. The first-order chi connectivity index (χ1) is 7.17. The number of hydrogen-bond donors (Lipinski definition) is 3. The lowest BCUT2D eigenvalue weighted by Crippen LogP contribution is -2.37. The van der Waals surface area contributed by atoms with E-state index in [9.17, 15) is 4.79 Å². The standard InChI is InChI=1S/C8H16N6O/c1-3-10-6(15)5-14(4-2)8-11-7(9)12-13-8/h3-5H2,1-2H3,(H,10,15)(H3,9,11,12,13). The fourth-order valence-electron chi connectivity index (χ4n) is 1.16. The summed E-state index contributed by atoms with van der Waals surface area (Å²) in [7, 11) is 0. The summed E-state index contributed by atoms with van der Waals surface area (Å²) < 4.78 is 0. The zero-order chi connectivity index (χ0) is 11.3. The molecule has 15 heavy (non-hydrogen) atoms. The average molecular weight is 212 g/mol. The number of carbonyl (C=O) groups is 1. The molecule has 0 unspecified atom stereocenters. The fourth-order valence-corrected chi connectivity index (χ4v) is 1.16. The molecule has 7 heteroatoms. The van der Waals surface area contributed by atoms with Gasteiger partial charge in [-0.15, -0.1) is 5.10 Å². The first-order valence-electron chi connectivity index (χ1n) is 4.86. The lowest BCUT2D eigenvalue weighted by atomic mass is 10.5. The number of aromatic amines is 1. The van der Waals surface area contributed by atoms with E-state index in [-0.39, 0.29) is 18.4 Å². The largest absolute Gasteiger partial charge is 0.368 e. The molecule has 1 heterocycles. The Hall–Kier alpha value is -1.79. The van der Waals surface area contributed by atoms with E-state index >= 15 is 0 Å². The van der Waals surface area contributed by atoms with Gasteiger partial charge in [0.2, 0.25) is 17.8 Å². The minimum Gasteiger partial charge on any atom is -0.368 e. The van der Waals surface area contributed by atoms with Crippen molar-refractivity contribution in [2.75, 3.05) is 30.3 Å². The Morgan fingerprint density at radius 1 is 1.60 bits per heavy atom. The minimum absolute atomic E-state index is 0.0530. The third-order valence-corrected chi connectivity index (χ3v) is 1.86. The molecule has 0 fully saturated rings. The van der Waals surface area contributed by atoms with Gasteiger partial charge in [-0.25, -0.2) is 5.10 Å². The quantitative estimate of drug-likeness (QED) is 0.602. The van der Waals surface area contributed by atoms with Gasteiger partial charge < -0.3 is 16.0 Å². The van der Waals surface area contributed by atoms with Crippen LogP contribution in [0.4, 0.5) is 11.9 Å². The zero-order valence-corrected chi connectivity index (χ0v) is 8.95. The number of H-pyrrole nitrogens is 1. The third kappa shape index (κ3) is 3.12. The number of amides is 1. The molecule has 1 amide bonds. The zero-order valence-electron chi connectivity index (χ0n) is 8.95. The van der Waals surface area contributed by atoms with E-state index in [2.05, 4.69) is 20.5 Å². The van der Waals surface area contributed by atoms with Crippen molar-refractivity contribution in [2.24, 2.45) is 0 Å². The molecule has 1 rings (SSSR count). The van der Waals surface area contributed by atoms with Gasteiger partial charge in [0, 0.05) is 13.1 Å². The molecule has 0 spiro atoms. The highest BCUT2D eigenvalue weighted by atomic mass is 16.2. The molecule has 0 aromatic carbocycles. The lowest BCUT2D eigenvalue weighted by Gasteiger charge is -2.17. The number of nitrogens with one attached hydrogen (secondary N) is 2. The SMILES string of the molecule is CCNC(=O)CN(CC)c1n[nH]c(N)n1. The maximum Gasteiger partial charge on any atom is 0.246 e. The highest BCUT2D eigenvalue weighted by Gasteiger charge is 2.12. The van der Waals surface area contributed by atoms with Gasteiger partial charge in [-0.2, -0.15) is 4.98 Å². The normalized spacial score (nSPS) is 10.0. The van der Waals surface area contributed by atoms with E-state index < -0.39 is 0 Å². The van der Waals surface area contributed by atoms with Crippen LogP contribution in [0.5, 0.6) is 0 Å². The van der Waals surface area contributed by atoms with Gasteiger partial charge in [0.05, 0.1) is 6.54 Å². The molecule has 0 aliphatic heterocycles. The Bertz CT molecular complexity index is 323. The summed E-state index contributed by atoms with van der Waals surface area (Å²) in [6.45, 7) is 5.30. The highest BCUT2D eigenvalue weighted by Crippen LogP contribution is 2.06. The smallest absolute Gasteiger partial charge is 0.246 e. The van der Waals surface area contributed by atoms with Crippen molar-refractivity contribution in [1.82, 2.24) is 20.5 Å². The molecule has 0 aliphatic rings. The second kappa shape index (κ2) is 5.18. The van der Waals surface area contributed by atoms with Crippen molar-refractivity contribution < 1.29 is 4.79 Å². The Morgan fingerprint density at radius 3 is 2.80 bits per heavy atom. The number of nitrogens with two attached hydrogens (primary N) is 1. The van der Waals surface area contributed by atoms with E-state index in [4.69, 9.17) is 5.73 Å². The van der Waals surface area contributed by atoms with Gasteiger partial charge in [-0.05, 0) is 13.8 Å². The van der Waals surface area contributed by atoms with Crippen LogP contribution in [0.25, 0.3) is 0 Å². The first-order valence-corrected chi connectivity index (χ1v) is 4.86. The summed E-state index contributed by atoms with van der Waals surface area (Å²) in [5.41, 5.74) is 5.40. The Kier molecular flexibility index (Phi) is 3.90. The third-order valence-electron chi connectivity index (χ3n) is 1.86. The molecular weight excluding hydrogens is 196 g/mol. The number of rotatable bonds is 5. The summed E-state index contributed by atoms with van der Waals surface area (Å²) >= 11 is 0. The van der Waals surface area contributed by atoms with Gasteiger partial charge >= 0.3 is 0 Å². The van der Waals surface area contributed by atoms with Crippen LogP contribution in [0, 0.1) is 0 Å². The molecule has 0 atom stereocenters. The van der Waals surface area contributed by atoms with Gasteiger partial charge in [-0.3, -0.25) is 4.79 Å². The van der Waals surface area contributed by atoms with E-state index in [1.807, 2.05) is 13.8 Å². The molecule has 0 aliphatic carbocycles. The Balaban J connectivity index is 2.60. The number of hydrogen-bond acceptors (Lipinski definition) is 5. The molecule has 7 nitrogen and oxygen atoms in total. The van der Waals surface area contributed by atoms with E-state index in [1.165, 1.54) is 0 Å². The molecule has 84 valence electrons. The topological polar surface area (TPSA) is 99.9 Å². The summed E-state index contributed by atoms with van der Waals surface area (Å²) in [6, 6.07) is 0. The molecule has 0 bridgehead atoms. The second-order valence-electron chi connectivity index (χ2n) is 2.99. The predicted octanol–water partition coefficient (Wildman–Crippen LogP) is -0.651. The van der Waals surface area contributed by atoms with Crippen molar-refractivity contribution in [3.63, 3.8) is 0 Å². The van der Waals surface area contributed by atoms with Crippen LogP contribution < -0.4 is 16.0 Å². The average Bonchev–Trinajstić information content (AvgIpc) is 2.61. The molecule has 1 aromatic rings. The summed E-state index contributed by atoms with van der Waals surface area (Å²) in [6.07, 6.45) is 0. The number of aromatic nitrogens is 3. The Morgan fingerprint density at radius 2 is 2.33 bits per heavy atom. The van der Waals surface area contributed by atoms with Gasteiger partial charge in [0.25, 0.3) is 0 Å². The van der Waals surface area contributed by atoms with Gasteiger partial charge in [0.1, 0.15) is 0 Å². The maximum atomic E-state index is 11.3. The van der Waals surface area contributed by atoms with Crippen molar-refractivity contribution >= 4 is 17.8 Å². The second-order valence-corrected chi connectivity index (χ2v) is 2.99. The number of likely N-dealkylation sites (N-methyl/N-ethyl adjacent to an activating group) is 2. The van der Waals surface area contributed by atoms with Crippen molar-refractivity contribution in [3.05, 3.63) is 0 Å². The first kappa shape index (κ1) is 11.3. The van der Waals surface area contributed by atoms with E-state index in [0.717, 1.165) is 0 Å². The van der Waals surface area contributed by atoms with Crippen molar-refractivity contribution in [1.29, 1.82) is 0 Å². The number of carbonyl (C=O) groups excluding carboxylic acids is 1. The van der Waals surface area contributed by atoms with Crippen LogP contribution in [0.15, 0.2) is 0 Å². The van der Waals surface area contributed by atoms with Crippen LogP contribution in [-0.2, 0) is 4.79 Å². The molecule has 0 saturated carbocycles. The van der Waals surface area contributed by atoms with Crippen LogP contribution in [0.1, 0.15) is 13.8 Å². The highest BCUT2D eigenvalue weighted by molar-refractivity contribution is 5.80. The summed E-state index contributed by atoms with van der Waals surface area (Å²) in [5.74, 6) is 0.642. The molecule has 0 saturated heterocycles. The number of anilines is 2. The minimum atomic E-state index is -0.0530. The van der Waals surface area contributed by atoms with Crippen LogP contribution in [0.2, 0.25) is 0 Å². The lowest BCUT2D eigenvalue weighted by molar-refractivity contribution is -0.119. The molecule has 0 radical (unpaired) electrons. The predicted molar refractivity (Wildman–Crippen MR) is 57.4 cm³/mol. The Labute approximate surface area is 88.0 Å². The van der Waals surface area contributed by atoms with Crippen LogP contribution >= 0.6 is 0 Å². The van der Waals surface area contributed by atoms with Crippen LogP contribution in [-0.4, -0.2) is 40.7 Å². The molecule has 1 aromatic heterocycles. The van der Waals surface area contributed by atoms with Crippen molar-refractivity contribution in [2.45, 2.75) is 13.8 Å². The van der Waals surface area contributed by atoms with Crippen LogP contribution in [0.3, 0.4) is 0 Å². The number of nitrogen functional groups attached to an aromatic ring is 1. The molecule has 4 N–H and O–H groups in total. The van der Waals surface area contributed by atoms with E-state index in [0.29, 0.717) is 19.0 Å². The van der Waals surface area contributed by atoms with E-state index in [1.54, 1.807) is 4.90 Å². The van der Waals surface area contributed by atoms with Gasteiger partial charge in [-0.1, -0.05) is 0 Å². The monoisotopic (exact) mass is 212 g/mol. The molecular formula is C8H16N6O. The van der Waals surface area contributed by atoms with Crippen molar-refractivity contribution in [3.8, 4) is 0 Å².